The molecule has 2 unspecified atom stereocenters. The maximum atomic E-state index is 12.2. The number of fused-ring (bicyclic) bond motifs is 1. The van der Waals surface area contributed by atoms with Crippen molar-refractivity contribution in [1.82, 2.24) is 19.9 Å². The van der Waals surface area contributed by atoms with E-state index in [-0.39, 0.29) is 17.8 Å². The number of hydrogen-bond donors (Lipinski definition) is 3. The molecular weight excluding hydrogens is 254 g/mol. The van der Waals surface area contributed by atoms with Crippen molar-refractivity contribution in [3.05, 3.63) is 46.5 Å². The minimum atomic E-state index is -0.173. The smallest absolute Gasteiger partial charge is 0.328 e. The number of pyridine rings is 1. The lowest BCUT2D eigenvalue weighted by atomic mass is 9.99. The first-order chi connectivity index (χ1) is 9.58. The van der Waals surface area contributed by atoms with E-state index in [1.807, 2.05) is 25.3 Å². The highest BCUT2D eigenvalue weighted by Crippen LogP contribution is 2.24. The van der Waals surface area contributed by atoms with Crippen LogP contribution in [0.25, 0.3) is 11.2 Å². The predicted octanol–water partition coefficient (Wildman–Crippen LogP) is 1.30. The fraction of sp³-hybridized carbons (Fsp3) is 0.286. The number of aromatic nitrogens is 3. The van der Waals surface area contributed by atoms with Crippen LogP contribution in [0.2, 0.25) is 0 Å². The molecule has 0 aromatic carbocycles. The number of imidazole rings is 1. The van der Waals surface area contributed by atoms with Crippen LogP contribution >= 0.6 is 0 Å². The molecule has 2 aromatic heterocycles. The Bertz CT molecular complexity index is 767. The molecule has 0 radical (unpaired) electrons. The molecule has 4 N–H and O–H groups in total. The number of nitrogens with one attached hydrogen (secondary N) is 2. The molecule has 0 saturated carbocycles. The van der Waals surface area contributed by atoms with Gasteiger partial charge in [0.05, 0.1) is 11.6 Å². The van der Waals surface area contributed by atoms with Crippen molar-refractivity contribution in [2.45, 2.75) is 25.9 Å². The Kier molecular flexibility index (Phi) is 2.85. The molecule has 2 aromatic rings. The number of hydrogen-bond acceptors (Lipinski definition) is 4. The van der Waals surface area contributed by atoms with Gasteiger partial charge in [0.15, 0.2) is 5.65 Å². The van der Waals surface area contributed by atoms with E-state index in [1.165, 1.54) is 0 Å². The van der Waals surface area contributed by atoms with Gasteiger partial charge < -0.3 is 16.0 Å². The first-order valence-electron chi connectivity index (χ1n) is 6.57. The number of anilines is 1. The zero-order chi connectivity index (χ0) is 14.3. The van der Waals surface area contributed by atoms with Crippen LogP contribution in [-0.4, -0.2) is 20.6 Å². The van der Waals surface area contributed by atoms with Crippen molar-refractivity contribution in [3.8, 4) is 0 Å². The second kappa shape index (κ2) is 4.56. The Morgan fingerprint density at radius 2 is 2.25 bits per heavy atom. The summed E-state index contributed by atoms with van der Waals surface area (Å²) in [5.74, 6) is 0.404. The molecule has 104 valence electrons. The third-order valence-electron chi connectivity index (χ3n) is 3.69. The van der Waals surface area contributed by atoms with Crippen LogP contribution in [0.1, 0.15) is 19.9 Å². The van der Waals surface area contributed by atoms with E-state index in [4.69, 9.17) is 5.73 Å². The molecule has 3 heterocycles. The molecule has 6 nitrogen and oxygen atoms in total. The molecule has 2 atom stereocenters. The zero-order valence-electron chi connectivity index (χ0n) is 11.4. The monoisotopic (exact) mass is 271 g/mol. The van der Waals surface area contributed by atoms with Crippen LogP contribution in [0.3, 0.4) is 0 Å². The van der Waals surface area contributed by atoms with Crippen molar-refractivity contribution in [2.24, 2.45) is 0 Å². The van der Waals surface area contributed by atoms with E-state index < -0.39 is 0 Å². The highest BCUT2D eigenvalue weighted by atomic mass is 16.1. The molecule has 1 aliphatic rings. The highest BCUT2D eigenvalue weighted by Gasteiger charge is 2.22. The molecule has 20 heavy (non-hydrogen) atoms. The van der Waals surface area contributed by atoms with Gasteiger partial charge in [0.2, 0.25) is 0 Å². The lowest BCUT2D eigenvalue weighted by molar-refractivity contribution is 0.550. The topological polar surface area (TPSA) is 88.7 Å². The minimum Gasteiger partial charge on any atom is -0.385 e. The summed E-state index contributed by atoms with van der Waals surface area (Å²) in [6.07, 6.45) is 5.87. The van der Waals surface area contributed by atoms with Crippen LogP contribution in [0.15, 0.2) is 40.9 Å². The Hall–Kier alpha value is -2.50. The van der Waals surface area contributed by atoms with Gasteiger partial charge in [-0.25, -0.2) is 9.78 Å². The standard InChI is InChI=1S/C14H17N5O/c1-8-10(4-3-7-16-8)9(2)19-13-11(17-14(19)20)5-6-12(15)18-13/h3-9,16H,1-2H3,(H2,15,18)(H,17,20). The van der Waals surface area contributed by atoms with Gasteiger partial charge in [0.25, 0.3) is 0 Å². The first-order valence-corrected chi connectivity index (χ1v) is 6.57. The number of nitrogens with two attached hydrogens (primary N) is 1. The lowest BCUT2D eigenvalue weighted by Gasteiger charge is -2.25. The predicted molar refractivity (Wildman–Crippen MR) is 79.3 cm³/mol. The molecule has 0 fully saturated rings. The third-order valence-corrected chi connectivity index (χ3v) is 3.69. The van der Waals surface area contributed by atoms with E-state index in [0.29, 0.717) is 17.0 Å². The van der Waals surface area contributed by atoms with E-state index in [2.05, 4.69) is 22.2 Å². The molecule has 0 bridgehead atoms. The third kappa shape index (κ3) is 1.89. The molecule has 0 saturated heterocycles. The normalized spacial score (nSPS) is 19.7. The second-order valence-electron chi connectivity index (χ2n) is 5.00. The number of dihydropyridines is 1. The van der Waals surface area contributed by atoms with Crippen molar-refractivity contribution in [2.75, 3.05) is 5.73 Å². The van der Waals surface area contributed by atoms with Gasteiger partial charge in [-0.2, -0.15) is 0 Å². The van der Waals surface area contributed by atoms with E-state index >= 15 is 0 Å². The second-order valence-corrected chi connectivity index (χ2v) is 5.00. The summed E-state index contributed by atoms with van der Waals surface area (Å²) in [6.45, 7) is 4.05. The number of allylic oxidation sites excluding steroid dienone is 2. The van der Waals surface area contributed by atoms with Crippen LogP contribution in [0.5, 0.6) is 0 Å². The Morgan fingerprint density at radius 1 is 1.45 bits per heavy atom. The van der Waals surface area contributed by atoms with Crippen LogP contribution in [0.4, 0.5) is 5.82 Å². The minimum absolute atomic E-state index is 0.0991. The van der Waals surface area contributed by atoms with Crippen molar-refractivity contribution in [1.29, 1.82) is 0 Å². The molecule has 3 rings (SSSR count). The molecule has 1 aliphatic heterocycles. The van der Waals surface area contributed by atoms with Crippen LogP contribution in [0, 0.1) is 0 Å². The maximum Gasteiger partial charge on any atom is 0.328 e. The zero-order valence-corrected chi connectivity index (χ0v) is 11.4. The largest absolute Gasteiger partial charge is 0.385 e. The Labute approximate surface area is 116 Å². The van der Waals surface area contributed by atoms with E-state index in [0.717, 1.165) is 5.57 Å². The SMILES string of the molecule is CC1NC=CC=C1C(C)n1c(=O)[nH]c2ccc(N)nc21. The van der Waals surface area contributed by atoms with E-state index in [9.17, 15) is 4.79 Å². The van der Waals surface area contributed by atoms with Crippen molar-refractivity contribution >= 4 is 17.0 Å². The molecule has 0 aliphatic carbocycles. The van der Waals surface area contributed by atoms with Gasteiger partial charge >= 0.3 is 5.69 Å². The van der Waals surface area contributed by atoms with Gasteiger partial charge in [0, 0.05) is 6.04 Å². The average molecular weight is 271 g/mol. The number of nitrogen functional groups attached to an aromatic ring is 1. The van der Waals surface area contributed by atoms with Gasteiger partial charge in [-0.1, -0.05) is 6.08 Å². The van der Waals surface area contributed by atoms with Gasteiger partial charge in [-0.05, 0) is 43.8 Å². The summed E-state index contributed by atoms with van der Waals surface area (Å²) < 4.78 is 1.65. The number of aromatic amines is 1. The molecule has 0 spiro atoms. The average Bonchev–Trinajstić information content (AvgIpc) is 2.74. The summed E-state index contributed by atoms with van der Waals surface area (Å²) in [5.41, 5.74) is 7.97. The molecule has 6 heteroatoms. The maximum absolute atomic E-state index is 12.2. The van der Waals surface area contributed by atoms with Crippen LogP contribution < -0.4 is 16.7 Å². The molecule has 0 amide bonds. The summed E-state index contributed by atoms with van der Waals surface area (Å²) >= 11 is 0. The van der Waals surface area contributed by atoms with Crippen molar-refractivity contribution < 1.29 is 0 Å². The summed E-state index contributed by atoms with van der Waals surface area (Å²) in [4.78, 5) is 19.3. The fourth-order valence-corrected chi connectivity index (χ4v) is 2.62. The number of rotatable bonds is 2. The first kappa shape index (κ1) is 12.5. The quantitative estimate of drug-likeness (QED) is 0.768. The van der Waals surface area contributed by atoms with Gasteiger partial charge in [-0.15, -0.1) is 0 Å². The summed E-state index contributed by atoms with van der Waals surface area (Å²) in [5, 5.41) is 3.23. The summed E-state index contributed by atoms with van der Waals surface area (Å²) in [6, 6.07) is 3.53. The number of H-pyrrole nitrogens is 1. The lowest BCUT2D eigenvalue weighted by Crippen LogP contribution is -2.32. The Morgan fingerprint density at radius 3 is 3.00 bits per heavy atom. The fourth-order valence-electron chi connectivity index (χ4n) is 2.62. The van der Waals surface area contributed by atoms with Crippen LogP contribution in [-0.2, 0) is 0 Å². The van der Waals surface area contributed by atoms with Gasteiger partial charge in [0.1, 0.15) is 5.82 Å². The molecular formula is C14H17N5O. The van der Waals surface area contributed by atoms with E-state index in [1.54, 1.807) is 16.7 Å². The highest BCUT2D eigenvalue weighted by molar-refractivity contribution is 5.73. The Balaban J connectivity index is 2.16. The summed E-state index contributed by atoms with van der Waals surface area (Å²) in [7, 11) is 0. The van der Waals surface area contributed by atoms with Crippen molar-refractivity contribution in [3.63, 3.8) is 0 Å². The number of nitrogens with zero attached hydrogens (tertiary/aromatic N) is 2. The van der Waals surface area contributed by atoms with Gasteiger partial charge in [-0.3, -0.25) is 4.57 Å².